The molecule has 3 aromatic rings. The van der Waals surface area contributed by atoms with E-state index in [9.17, 15) is 9.18 Å². The molecule has 0 bridgehead atoms. The van der Waals surface area contributed by atoms with Gasteiger partial charge in [-0.25, -0.2) is 19.3 Å². The second-order valence-electron chi connectivity index (χ2n) is 6.84. The van der Waals surface area contributed by atoms with Crippen LogP contribution < -0.4 is 15.1 Å². The lowest BCUT2D eigenvalue weighted by Crippen LogP contribution is -2.48. The summed E-state index contributed by atoms with van der Waals surface area (Å²) < 4.78 is 13.4. The second-order valence-corrected chi connectivity index (χ2v) is 7.82. The van der Waals surface area contributed by atoms with Gasteiger partial charge in [0.25, 0.3) is 0 Å². The number of aromatic nitrogens is 4. The number of alkyl halides is 1. The first-order valence-electron chi connectivity index (χ1n) is 9.17. The minimum absolute atomic E-state index is 0.0347. The van der Waals surface area contributed by atoms with Crippen LogP contribution in [-0.2, 0) is 4.79 Å². The van der Waals surface area contributed by atoms with Crippen LogP contribution in [0.2, 0.25) is 0 Å². The third kappa shape index (κ3) is 3.18. The molecule has 5 rings (SSSR count). The van der Waals surface area contributed by atoms with Gasteiger partial charge in [-0.05, 0) is 18.6 Å². The number of fused-ring (bicyclic) bond motifs is 1. The highest BCUT2D eigenvalue weighted by Gasteiger charge is 2.24. The molecule has 0 spiro atoms. The molecule has 144 valence electrons. The molecule has 2 aliphatic rings. The van der Waals surface area contributed by atoms with Crippen LogP contribution in [0, 0.1) is 0 Å². The molecule has 0 aliphatic carbocycles. The van der Waals surface area contributed by atoms with E-state index in [2.05, 4.69) is 25.3 Å². The smallest absolute Gasteiger partial charge is 0.243 e. The van der Waals surface area contributed by atoms with E-state index in [-0.39, 0.29) is 5.91 Å². The van der Waals surface area contributed by atoms with Crippen molar-refractivity contribution in [3.63, 3.8) is 0 Å². The largest absolute Gasteiger partial charge is 0.354 e. The van der Waals surface area contributed by atoms with Crippen LogP contribution in [0.5, 0.6) is 0 Å². The third-order valence-electron chi connectivity index (χ3n) is 4.92. The SMILES string of the molecule is O=C1CNCCN1c1ncc2nc(-c3ccc(N4CC[C@@H](F)C4)nc3)sc2n1. The molecule has 2 saturated heterocycles. The number of nitrogens with zero attached hydrogens (tertiary/aromatic N) is 6. The zero-order valence-corrected chi connectivity index (χ0v) is 15.8. The Morgan fingerprint density at radius 3 is 2.86 bits per heavy atom. The maximum atomic E-state index is 13.4. The van der Waals surface area contributed by atoms with Crippen LogP contribution >= 0.6 is 11.3 Å². The predicted molar refractivity (Wildman–Crippen MR) is 105 cm³/mol. The predicted octanol–water partition coefficient (Wildman–Crippen LogP) is 1.63. The molecule has 0 radical (unpaired) electrons. The number of hydrogen-bond acceptors (Lipinski definition) is 8. The number of hydrogen-bond donors (Lipinski definition) is 1. The Morgan fingerprint density at radius 1 is 1.18 bits per heavy atom. The van der Waals surface area contributed by atoms with Crippen molar-refractivity contribution in [1.82, 2.24) is 25.3 Å². The summed E-state index contributed by atoms with van der Waals surface area (Å²) in [5, 5.41) is 3.83. The van der Waals surface area contributed by atoms with Crippen LogP contribution in [0.4, 0.5) is 16.2 Å². The van der Waals surface area contributed by atoms with E-state index in [1.807, 2.05) is 17.0 Å². The van der Waals surface area contributed by atoms with Crippen molar-refractivity contribution < 1.29 is 9.18 Å². The molecule has 8 nitrogen and oxygen atoms in total. The summed E-state index contributed by atoms with van der Waals surface area (Å²) in [6, 6.07) is 3.84. The molecule has 5 heterocycles. The number of pyridine rings is 1. The molecule has 0 aromatic carbocycles. The van der Waals surface area contributed by atoms with Gasteiger partial charge in [0.2, 0.25) is 11.9 Å². The van der Waals surface area contributed by atoms with Gasteiger partial charge in [-0.15, -0.1) is 0 Å². The lowest BCUT2D eigenvalue weighted by Gasteiger charge is -2.25. The van der Waals surface area contributed by atoms with Crippen molar-refractivity contribution >= 4 is 39.4 Å². The zero-order valence-electron chi connectivity index (χ0n) is 15.0. The summed E-state index contributed by atoms with van der Waals surface area (Å²) in [5.41, 5.74) is 1.57. The number of thiazole rings is 1. The lowest BCUT2D eigenvalue weighted by molar-refractivity contribution is -0.118. The summed E-state index contributed by atoms with van der Waals surface area (Å²) in [6.45, 7) is 2.67. The highest BCUT2D eigenvalue weighted by Crippen LogP contribution is 2.30. The number of halogens is 1. The van der Waals surface area contributed by atoms with E-state index >= 15 is 0 Å². The number of piperazine rings is 1. The van der Waals surface area contributed by atoms with Crippen LogP contribution in [0.3, 0.4) is 0 Å². The summed E-state index contributed by atoms with van der Waals surface area (Å²) in [4.78, 5) is 34.3. The van der Waals surface area contributed by atoms with E-state index in [0.717, 1.165) is 27.8 Å². The number of carbonyl (C=O) groups excluding carboxylic acids is 1. The summed E-state index contributed by atoms with van der Waals surface area (Å²) >= 11 is 1.44. The van der Waals surface area contributed by atoms with Gasteiger partial charge in [0.15, 0.2) is 0 Å². The maximum absolute atomic E-state index is 13.4. The number of carbonyl (C=O) groups is 1. The first-order chi connectivity index (χ1) is 13.7. The summed E-state index contributed by atoms with van der Waals surface area (Å²) in [5.74, 6) is 1.16. The maximum Gasteiger partial charge on any atom is 0.243 e. The van der Waals surface area contributed by atoms with E-state index in [0.29, 0.717) is 44.1 Å². The van der Waals surface area contributed by atoms with Gasteiger partial charge in [0.05, 0.1) is 19.3 Å². The molecule has 2 fully saturated rings. The van der Waals surface area contributed by atoms with Crippen molar-refractivity contribution in [3.05, 3.63) is 24.5 Å². The quantitative estimate of drug-likeness (QED) is 0.716. The van der Waals surface area contributed by atoms with Gasteiger partial charge in [0.1, 0.15) is 27.3 Å². The first-order valence-corrected chi connectivity index (χ1v) is 9.99. The van der Waals surface area contributed by atoms with Crippen LogP contribution in [0.1, 0.15) is 6.42 Å². The highest BCUT2D eigenvalue weighted by atomic mass is 32.1. The standard InChI is InChI=1S/C18H18FN7OS/c19-12-3-5-25(10-12)14-2-1-11(7-21-14)16-23-13-8-22-18(24-17(13)28-16)26-6-4-20-9-15(26)27/h1-2,7-8,12,20H,3-6,9-10H2/t12-/m1/s1. The molecule has 10 heteroatoms. The van der Waals surface area contributed by atoms with E-state index in [1.165, 1.54) is 11.3 Å². The van der Waals surface area contributed by atoms with Gasteiger partial charge in [-0.1, -0.05) is 11.3 Å². The fourth-order valence-corrected chi connectivity index (χ4v) is 4.32. The number of amides is 1. The van der Waals surface area contributed by atoms with Crippen LogP contribution in [0.25, 0.3) is 20.9 Å². The number of nitrogens with one attached hydrogen (secondary N) is 1. The van der Waals surface area contributed by atoms with Crippen molar-refractivity contribution in [1.29, 1.82) is 0 Å². The molecule has 0 unspecified atom stereocenters. The minimum Gasteiger partial charge on any atom is -0.354 e. The fourth-order valence-electron chi connectivity index (χ4n) is 3.42. The highest BCUT2D eigenvalue weighted by molar-refractivity contribution is 7.21. The van der Waals surface area contributed by atoms with Gasteiger partial charge in [0, 0.05) is 31.4 Å². The molecule has 1 atom stereocenters. The zero-order chi connectivity index (χ0) is 19.1. The van der Waals surface area contributed by atoms with E-state index < -0.39 is 6.17 Å². The summed E-state index contributed by atoms with van der Waals surface area (Å²) in [7, 11) is 0. The van der Waals surface area contributed by atoms with Crippen molar-refractivity contribution in [2.45, 2.75) is 12.6 Å². The topological polar surface area (TPSA) is 87.1 Å². The molecular formula is C18H18FN7OS. The Labute approximate surface area is 164 Å². The van der Waals surface area contributed by atoms with Crippen LogP contribution in [0.15, 0.2) is 24.5 Å². The average molecular weight is 399 g/mol. The molecule has 2 aliphatic heterocycles. The molecule has 28 heavy (non-hydrogen) atoms. The third-order valence-corrected chi connectivity index (χ3v) is 5.93. The molecule has 3 aromatic heterocycles. The number of rotatable bonds is 3. The molecular weight excluding hydrogens is 381 g/mol. The average Bonchev–Trinajstić information content (AvgIpc) is 3.34. The molecule has 0 saturated carbocycles. The summed E-state index contributed by atoms with van der Waals surface area (Å²) in [6.07, 6.45) is 3.19. The van der Waals surface area contributed by atoms with Gasteiger partial charge < -0.3 is 10.2 Å². The molecule has 1 N–H and O–H groups in total. The lowest BCUT2D eigenvalue weighted by atomic mass is 10.3. The van der Waals surface area contributed by atoms with Crippen LogP contribution in [-0.4, -0.2) is 64.7 Å². The van der Waals surface area contributed by atoms with Gasteiger partial charge >= 0.3 is 0 Å². The van der Waals surface area contributed by atoms with Crippen molar-refractivity contribution in [2.75, 3.05) is 42.5 Å². The van der Waals surface area contributed by atoms with Gasteiger partial charge in [-0.3, -0.25) is 9.69 Å². The fraction of sp³-hybridized carbons (Fsp3) is 0.389. The Kier molecular flexibility index (Phi) is 4.36. The Morgan fingerprint density at radius 2 is 2.11 bits per heavy atom. The normalized spacial score (nSPS) is 20.3. The Bertz CT molecular complexity index is 1020. The van der Waals surface area contributed by atoms with E-state index in [1.54, 1.807) is 17.3 Å². The number of anilines is 2. The van der Waals surface area contributed by atoms with Crippen molar-refractivity contribution in [3.8, 4) is 10.6 Å². The van der Waals surface area contributed by atoms with Gasteiger partial charge in [-0.2, -0.15) is 4.98 Å². The monoisotopic (exact) mass is 399 g/mol. The second kappa shape index (κ2) is 7.02. The Balaban J connectivity index is 1.41. The Hall–Kier alpha value is -2.72. The first kappa shape index (κ1) is 17.4. The minimum atomic E-state index is -0.777. The van der Waals surface area contributed by atoms with E-state index in [4.69, 9.17) is 0 Å². The molecule has 1 amide bonds. The van der Waals surface area contributed by atoms with Crippen molar-refractivity contribution in [2.24, 2.45) is 0 Å².